The summed E-state index contributed by atoms with van der Waals surface area (Å²) in [4.78, 5) is 24.1. The standard InChI is InChI=1S/C18H17ClN2O4/c1-3-24-17(22)15-10(2)20-18(23)21-16(15)14-9-8-13(25-14)11-6-4-5-7-12(11)19/h4-9,16H,3H2,1-2H3,(H2,20,21,23). The Labute approximate surface area is 149 Å². The molecule has 1 aliphatic heterocycles. The number of urea groups is 1. The van der Waals surface area contributed by atoms with E-state index in [1.807, 2.05) is 18.2 Å². The van der Waals surface area contributed by atoms with Gasteiger partial charge in [0.15, 0.2) is 0 Å². The Hall–Kier alpha value is -2.73. The van der Waals surface area contributed by atoms with Crippen molar-refractivity contribution in [1.29, 1.82) is 0 Å². The molecule has 0 bridgehead atoms. The van der Waals surface area contributed by atoms with Crippen molar-refractivity contribution in [1.82, 2.24) is 10.6 Å². The van der Waals surface area contributed by atoms with Gasteiger partial charge in [0, 0.05) is 11.3 Å². The summed E-state index contributed by atoms with van der Waals surface area (Å²) < 4.78 is 11.0. The van der Waals surface area contributed by atoms with E-state index >= 15 is 0 Å². The highest BCUT2D eigenvalue weighted by molar-refractivity contribution is 6.33. The summed E-state index contributed by atoms with van der Waals surface area (Å²) in [7, 11) is 0. The molecule has 2 heterocycles. The molecule has 0 aliphatic carbocycles. The second kappa shape index (κ2) is 7.03. The van der Waals surface area contributed by atoms with Crippen LogP contribution >= 0.6 is 11.6 Å². The summed E-state index contributed by atoms with van der Waals surface area (Å²) in [6, 6.07) is 9.59. The van der Waals surface area contributed by atoms with Crippen LogP contribution in [0.15, 0.2) is 52.1 Å². The summed E-state index contributed by atoms with van der Waals surface area (Å²) in [5, 5.41) is 5.83. The molecular weight excluding hydrogens is 344 g/mol. The van der Waals surface area contributed by atoms with Gasteiger partial charge in [-0.2, -0.15) is 0 Å². The molecule has 0 saturated heterocycles. The molecule has 1 unspecified atom stereocenters. The van der Waals surface area contributed by atoms with Gasteiger partial charge in [-0.15, -0.1) is 0 Å². The number of rotatable bonds is 4. The van der Waals surface area contributed by atoms with Crippen LogP contribution in [0.5, 0.6) is 0 Å². The zero-order valence-corrected chi connectivity index (χ0v) is 14.5. The Kier molecular flexibility index (Phi) is 4.81. The van der Waals surface area contributed by atoms with E-state index in [0.717, 1.165) is 5.56 Å². The van der Waals surface area contributed by atoms with Crippen LogP contribution in [0.4, 0.5) is 4.79 Å². The zero-order chi connectivity index (χ0) is 18.0. The quantitative estimate of drug-likeness (QED) is 0.813. The number of furan rings is 1. The van der Waals surface area contributed by atoms with E-state index in [9.17, 15) is 9.59 Å². The molecule has 0 radical (unpaired) electrons. The molecule has 1 aliphatic rings. The number of benzene rings is 1. The largest absolute Gasteiger partial charge is 0.463 e. The zero-order valence-electron chi connectivity index (χ0n) is 13.8. The maximum atomic E-state index is 12.3. The Morgan fingerprint density at radius 1 is 1.28 bits per heavy atom. The normalized spacial score (nSPS) is 17.1. The van der Waals surface area contributed by atoms with Gasteiger partial charge >= 0.3 is 12.0 Å². The van der Waals surface area contributed by atoms with Crippen LogP contribution in [0.25, 0.3) is 11.3 Å². The van der Waals surface area contributed by atoms with Crippen molar-refractivity contribution in [3.05, 3.63) is 58.5 Å². The predicted molar refractivity (Wildman–Crippen MR) is 92.9 cm³/mol. The van der Waals surface area contributed by atoms with E-state index in [1.165, 1.54) is 0 Å². The van der Waals surface area contributed by atoms with Crippen molar-refractivity contribution in [2.24, 2.45) is 0 Å². The molecular formula is C18H17ClN2O4. The lowest BCUT2D eigenvalue weighted by Crippen LogP contribution is -2.45. The third-order valence-electron chi connectivity index (χ3n) is 3.82. The van der Waals surface area contributed by atoms with Gasteiger partial charge in [-0.3, -0.25) is 0 Å². The van der Waals surface area contributed by atoms with Gasteiger partial charge in [0.1, 0.15) is 17.6 Å². The fourth-order valence-corrected chi connectivity index (χ4v) is 2.93. The van der Waals surface area contributed by atoms with Crippen LogP contribution in [0.1, 0.15) is 25.6 Å². The van der Waals surface area contributed by atoms with Crippen molar-refractivity contribution >= 4 is 23.6 Å². The van der Waals surface area contributed by atoms with Crippen LogP contribution < -0.4 is 10.6 Å². The first-order valence-electron chi connectivity index (χ1n) is 7.81. The molecule has 2 N–H and O–H groups in total. The number of carbonyl (C=O) groups excluding carboxylic acids is 2. The molecule has 1 aromatic heterocycles. The van der Waals surface area contributed by atoms with Crippen LogP contribution in [0.3, 0.4) is 0 Å². The number of ether oxygens (including phenoxy) is 1. The van der Waals surface area contributed by atoms with Crippen LogP contribution in [0.2, 0.25) is 5.02 Å². The smallest absolute Gasteiger partial charge is 0.338 e. The van der Waals surface area contributed by atoms with Gasteiger partial charge in [0.2, 0.25) is 0 Å². The highest BCUT2D eigenvalue weighted by Gasteiger charge is 2.34. The van der Waals surface area contributed by atoms with E-state index in [4.69, 9.17) is 20.8 Å². The number of halogens is 1. The van der Waals surface area contributed by atoms with Gasteiger partial charge in [-0.05, 0) is 38.1 Å². The monoisotopic (exact) mass is 360 g/mol. The van der Waals surface area contributed by atoms with Crippen molar-refractivity contribution in [3.8, 4) is 11.3 Å². The average molecular weight is 361 g/mol. The van der Waals surface area contributed by atoms with Gasteiger partial charge in [-0.1, -0.05) is 23.7 Å². The molecule has 3 rings (SSSR count). The number of hydrogen-bond acceptors (Lipinski definition) is 4. The number of nitrogens with one attached hydrogen (secondary N) is 2. The van der Waals surface area contributed by atoms with Gasteiger partial charge in [-0.25, -0.2) is 9.59 Å². The second-order valence-electron chi connectivity index (χ2n) is 5.47. The summed E-state index contributed by atoms with van der Waals surface area (Å²) in [5.74, 6) is 0.467. The minimum atomic E-state index is -0.732. The molecule has 6 nitrogen and oxygen atoms in total. The minimum absolute atomic E-state index is 0.235. The number of amides is 2. The van der Waals surface area contributed by atoms with Crippen LogP contribution in [0, 0.1) is 0 Å². The number of hydrogen-bond donors (Lipinski definition) is 2. The molecule has 2 amide bonds. The molecule has 0 spiro atoms. The van der Waals surface area contributed by atoms with Crippen LogP contribution in [-0.4, -0.2) is 18.6 Å². The Bertz CT molecular complexity index is 856. The van der Waals surface area contributed by atoms with E-state index < -0.39 is 18.0 Å². The molecule has 7 heteroatoms. The molecule has 0 saturated carbocycles. The first-order valence-corrected chi connectivity index (χ1v) is 8.19. The first kappa shape index (κ1) is 17.1. The summed E-state index contributed by atoms with van der Waals surface area (Å²) in [6.07, 6.45) is 0. The average Bonchev–Trinajstić information content (AvgIpc) is 3.04. The van der Waals surface area contributed by atoms with E-state index in [0.29, 0.717) is 27.8 Å². The summed E-state index contributed by atoms with van der Waals surface area (Å²) in [6.45, 7) is 3.61. The third kappa shape index (κ3) is 3.39. The van der Waals surface area contributed by atoms with Crippen molar-refractivity contribution < 1.29 is 18.7 Å². The number of esters is 1. The Balaban J connectivity index is 1.99. The minimum Gasteiger partial charge on any atom is -0.463 e. The molecule has 2 aromatic rings. The number of allylic oxidation sites excluding steroid dienone is 1. The lowest BCUT2D eigenvalue weighted by Gasteiger charge is -2.26. The summed E-state index contributed by atoms with van der Waals surface area (Å²) >= 11 is 6.20. The van der Waals surface area contributed by atoms with Crippen molar-refractivity contribution in [3.63, 3.8) is 0 Å². The van der Waals surface area contributed by atoms with Gasteiger partial charge < -0.3 is 19.8 Å². The SMILES string of the molecule is CCOC(=O)C1=C(C)NC(=O)NC1c1ccc(-c2ccccc2Cl)o1. The molecule has 130 valence electrons. The van der Waals surface area contributed by atoms with Crippen LogP contribution in [-0.2, 0) is 9.53 Å². The maximum Gasteiger partial charge on any atom is 0.338 e. The lowest BCUT2D eigenvalue weighted by atomic mass is 10.0. The lowest BCUT2D eigenvalue weighted by molar-refractivity contribution is -0.139. The van der Waals surface area contributed by atoms with Gasteiger partial charge in [0.05, 0.1) is 17.2 Å². The molecule has 1 atom stereocenters. The fraction of sp³-hybridized carbons (Fsp3) is 0.222. The molecule has 1 aromatic carbocycles. The third-order valence-corrected chi connectivity index (χ3v) is 4.14. The topological polar surface area (TPSA) is 80.6 Å². The Morgan fingerprint density at radius 2 is 2.04 bits per heavy atom. The van der Waals surface area contributed by atoms with E-state index in [2.05, 4.69) is 10.6 Å². The van der Waals surface area contributed by atoms with Crippen molar-refractivity contribution in [2.45, 2.75) is 19.9 Å². The first-order chi connectivity index (χ1) is 12.0. The highest BCUT2D eigenvalue weighted by atomic mass is 35.5. The fourth-order valence-electron chi connectivity index (χ4n) is 2.70. The maximum absolute atomic E-state index is 12.3. The molecule has 25 heavy (non-hydrogen) atoms. The second-order valence-corrected chi connectivity index (χ2v) is 5.88. The predicted octanol–water partition coefficient (Wildman–Crippen LogP) is 3.79. The highest BCUT2D eigenvalue weighted by Crippen LogP contribution is 2.34. The van der Waals surface area contributed by atoms with Gasteiger partial charge in [0.25, 0.3) is 0 Å². The molecule has 0 fully saturated rings. The number of carbonyl (C=O) groups is 2. The summed E-state index contributed by atoms with van der Waals surface area (Å²) in [5.41, 5.74) is 1.47. The van der Waals surface area contributed by atoms with E-state index in [-0.39, 0.29) is 6.61 Å². The van der Waals surface area contributed by atoms with E-state index in [1.54, 1.807) is 32.0 Å². The Morgan fingerprint density at radius 3 is 2.76 bits per heavy atom. The van der Waals surface area contributed by atoms with Crippen molar-refractivity contribution in [2.75, 3.05) is 6.61 Å².